The fourth-order valence-electron chi connectivity index (χ4n) is 5.53. The van der Waals surface area contributed by atoms with Crippen molar-refractivity contribution in [1.29, 1.82) is 0 Å². The first-order chi connectivity index (χ1) is 19.1. The van der Waals surface area contributed by atoms with Gasteiger partial charge in [-0.3, -0.25) is 4.79 Å². The normalized spacial score (nSPS) is 16.1. The van der Waals surface area contributed by atoms with Crippen LogP contribution in [0.2, 0.25) is 0 Å². The zero-order chi connectivity index (χ0) is 28.6. The SMILES string of the molecule is CCN1CCN(Cc2cc(C(CC(=O)O)c3ccc4c(nnn4CC)c3C)ccc2C)S(=O)(=O)c2cccnc21. The van der Waals surface area contributed by atoms with Gasteiger partial charge in [0.15, 0.2) is 0 Å². The summed E-state index contributed by atoms with van der Waals surface area (Å²) < 4.78 is 30.8. The maximum absolute atomic E-state index is 13.7. The van der Waals surface area contributed by atoms with Crippen LogP contribution < -0.4 is 4.90 Å². The highest BCUT2D eigenvalue weighted by molar-refractivity contribution is 7.89. The second-order valence-electron chi connectivity index (χ2n) is 10.1. The highest BCUT2D eigenvalue weighted by Gasteiger charge is 2.33. The summed E-state index contributed by atoms with van der Waals surface area (Å²) in [6.45, 7) is 10.2. The molecule has 11 heteroatoms. The van der Waals surface area contributed by atoms with Gasteiger partial charge in [0.25, 0.3) is 0 Å². The standard InChI is InChI=1S/C29H34N6O4S/c1-5-33-14-15-34(40(38,39)26-8-7-13-30-29(26)33)18-22-16-21(10-9-19(22)3)24(17-27(36)37)23-11-12-25-28(20(23)4)31-32-35(25)6-2/h7-13,16,24H,5-6,14-15,17-18H2,1-4H3,(H,36,37). The van der Waals surface area contributed by atoms with Crippen LogP contribution in [-0.4, -0.2) is 63.4 Å². The van der Waals surface area contributed by atoms with Crippen LogP contribution >= 0.6 is 0 Å². The average molecular weight is 563 g/mol. The van der Waals surface area contributed by atoms with E-state index in [4.69, 9.17) is 0 Å². The number of carbonyl (C=O) groups is 1. The monoisotopic (exact) mass is 562 g/mol. The number of carboxylic acid groups (broad SMARTS) is 1. The van der Waals surface area contributed by atoms with Crippen LogP contribution in [0, 0.1) is 13.8 Å². The molecule has 0 saturated carbocycles. The van der Waals surface area contributed by atoms with Crippen molar-refractivity contribution >= 4 is 32.8 Å². The van der Waals surface area contributed by atoms with E-state index >= 15 is 0 Å². The number of benzene rings is 2. The number of fused-ring (bicyclic) bond motifs is 2. The third-order valence-electron chi connectivity index (χ3n) is 7.83. The van der Waals surface area contributed by atoms with Gasteiger partial charge in [-0.2, -0.15) is 4.31 Å². The Kier molecular flexibility index (Phi) is 7.61. The number of hydrogen-bond acceptors (Lipinski definition) is 7. The Bertz CT molecular complexity index is 1680. The van der Waals surface area contributed by atoms with Gasteiger partial charge in [-0.05, 0) is 73.7 Å². The van der Waals surface area contributed by atoms with E-state index in [1.165, 1.54) is 4.31 Å². The fraction of sp³-hybridized carbons (Fsp3) is 0.379. The van der Waals surface area contributed by atoms with Crippen LogP contribution in [0.3, 0.4) is 0 Å². The van der Waals surface area contributed by atoms with Crippen LogP contribution in [0.25, 0.3) is 11.0 Å². The molecule has 5 rings (SSSR count). The summed E-state index contributed by atoms with van der Waals surface area (Å²) in [7, 11) is -3.80. The Morgan fingerprint density at radius 2 is 1.88 bits per heavy atom. The first-order valence-corrected chi connectivity index (χ1v) is 14.9. The number of likely N-dealkylation sites (N-methyl/N-ethyl adjacent to an activating group) is 1. The van der Waals surface area contributed by atoms with Crippen LogP contribution in [0.4, 0.5) is 5.82 Å². The molecule has 1 N–H and O–H groups in total. The second kappa shape index (κ2) is 11.0. The lowest BCUT2D eigenvalue weighted by Gasteiger charge is -2.24. The van der Waals surface area contributed by atoms with E-state index in [9.17, 15) is 18.3 Å². The molecule has 3 heterocycles. The molecular formula is C29H34N6O4S. The Morgan fingerprint density at radius 1 is 1.07 bits per heavy atom. The number of hydrogen-bond donors (Lipinski definition) is 1. The fourth-order valence-corrected chi connectivity index (χ4v) is 7.11. The predicted molar refractivity (Wildman–Crippen MR) is 153 cm³/mol. The Hall–Kier alpha value is -3.83. The highest BCUT2D eigenvalue weighted by Crippen LogP contribution is 2.35. The number of rotatable bonds is 8. The molecule has 0 fully saturated rings. The summed E-state index contributed by atoms with van der Waals surface area (Å²) in [5, 5.41) is 18.4. The van der Waals surface area contributed by atoms with Gasteiger partial charge in [-0.15, -0.1) is 5.10 Å². The molecule has 1 aliphatic rings. The van der Waals surface area contributed by atoms with E-state index in [1.807, 2.05) is 67.6 Å². The molecular weight excluding hydrogens is 528 g/mol. The molecule has 1 atom stereocenters. The quantitative estimate of drug-likeness (QED) is 0.341. The first kappa shape index (κ1) is 27.7. The van der Waals surface area contributed by atoms with E-state index in [-0.39, 0.29) is 17.9 Å². The maximum Gasteiger partial charge on any atom is 0.304 e. The molecule has 0 bridgehead atoms. The van der Waals surface area contributed by atoms with Crippen LogP contribution in [0.1, 0.15) is 54.0 Å². The van der Waals surface area contributed by atoms with Crippen molar-refractivity contribution in [3.8, 4) is 0 Å². The first-order valence-electron chi connectivity index (χ1n) is 13.5. The lowest BCUT2D eigenvalue weighted by Crippen LogP contribution is -2.34. The average Bonchev–Trinajstić information content (AvgIpc) is 3.33. The lowest BCUT2D eigenvalue weighted by molar-refractivity contribution is -0.137. The third-order valence-corrected chi connectivity index (χ3v) is 9.69. The Morgan fingerprint density at radius 3 is 2.60 bits per heavy atom. The molecule has 210 valence electrons. The summed E-state index contributed by atoms with van der Waals surface area (Å²) >= 11 is 0. The Labute approximate surface area is 234 Å². The molecule has 0 aliphatic carbocycles. The molecule has 0 amide bonds. The topological polar surface area (TPSA) is 122 Å². The second-order valence-corrected chi connectivity index (χ2v) is 12.0. The minimum absolute atomic E-state index is 0.108. The van der Waals surface area contributed by atoms with Gasteiger partial charge in [0.05, 0.1) is 11.9 Å². The van der Waals surface area contributed by atoms with Gasteiger partial charge in [-0.25, -0.2) is 18.1 Å². The number of nitrogens with zero attached hydrogens (tertiary/aromatic N) is 6. The molecule has 10 nitrogen and oxygen atoms in total. The van der Waals surface area contributed by atoms with Crippen molar-refractivity contribution in [2.45, 2.75) is 58.0 Å². The number of pyridine rings is 1. The molecule has 0 saturated heterocycles. The lowest BCUT2D eigenvalue weighted by atomic mass is 9.84. The van der Waals surface area contributed by atoms with Gasteiger partial charge < -0.3 is 10.0 Å². The summed E-state index contributed by atoms with van der Waals surface area (Å²) in [6.07, 6.45) is 1.51. The molecule has 0 radical (unpaired) electrons. The van der Waals surface area contributed by atoms with E-state index < -0.39 is 21.9 Å². The van der Waals surface area contributed by atoms with Crippen molar-refractivity contribution in [3.63, 3.8) is 0 Å². The zero-order valence-corrected chi connectivity index (χ0v) is 24.0. The van der Waals surface area contributed by atoms with Crippen LogP contribution in [-0.2, 0) is 27.9 Å². The number of sulfonamides is 1. The number of aliphatic carboxylic acids is 1. The van der Waals surface area contributed by atoms with E-state index in [2.05, 4.69) is 15.3 Å². The van der Waals surface area contributed by atoms with Crippen molar-refractivity contribution in [2.75, 3.05) is 24.5 Å². The minimum Gasteiger partial charge on any atom is -0.481 e. The molecule has 4 aromatic rings. The molecule has 2 aromatic heterocycles. The predicted octanol–water partition coefficient (Wildman–Crippen LogP) is 4.10. The van der Waals surface area contributed by atoms with Crippen LogP contribution in [0.15, 0.2) is 53.6 Å². The highest BCUT2D eigenvalue weighted by atomic mass is 32.2. The molecule has 40 heavy (non-hydrogen) atoms. The Balaban J connectivity index is 1.54. The summed E-state index contributed by atoms with van der Waals surface area (Å²) in [5.41, 5.74) is 6.02. The smallest absolute Gasteiger partial charge is 0.304 e. The number of anilines is 1. The minimum atomic E-state index is -3.80. The van der Waals surface area contributed by atoms with E-state index in [1.54, 1.807) is 18.3 Å². The van der Waals surface area contributed by atoms with Gasteiger partial charge in [0, 0.05) is 44.8 Å². The summed E-state index contributed by atoms with van der Waals surface area (Å²) in [5.74, 6) is -0.873. The molecule has 1 aliphatic heterocycles. The van der Waals surface area contributed by atoms with Crippen molar-refractivity contribution < 1.29 is 18.3 Å². The maximum atomic E-state index is 13.7. The molecule has 1 unspecified atom stereocenters. The van der Waals surface area contributed by atoms with Crippen LogP contribution in [0.5, 0.6) is 0 Å². The number of aryl methyl sites for hydroxylation is 3. The molecule has 2 aromatic carbocycles. The zero-order valence-electron chi connectivity index (χ0n) is 23.2. The van der Waals surface area contributed by atoms with E-state index in [0.717, 1.165) is 38.9 Å². The third kappa shape index (κ3) is 4.95. The molecule has 0 spiro atoms. The van der Waals surface area contributed by atoms with Gasteiger partial charge in [-0.1, -0.05) is 29.5 Å². The van der Waals surface area contributed by atoms with Crippen molar-refractivity contribution in [1.82, 2.24) is 24.3 Å². The van der Waals surface area contributed by atoms with E-state index in [0.29, 0.717) is 32.0 Å². The van der Waals surface area contributed by atoms with Gasteiger partial charge in [0.2, 0.25) is 10.0 Å². The summed E-state index contributed by atoms with van der Waals surface area (Å²) in [6, 6.07) is 13.0. The van der Waals surface area contributed by atoms with Gasteiger partial charge in [0.1, 0.15) is 16.2 Å². The summed E-state index contributed by atoms with van der Waals surface area (Å²) in [4.78, 5) is 18.6. The van der Waals surface area contributed by atoms with Crippen molar-refractivity contribution in [2.24, 2.45) is 0 Å². The van der Waals surface area contributed by atoms with Gasteiger partial charge >= 0.3 is 5.97 Å². The number of carboxylic acids is 1. The largest absolute Gasteiger partial charge is 0.481 e. The van der Waals surface area contributed by atoms with Crippen molar-refractivity contribution in [3.05, 3.63) is 76.5 Å². The number of aromatic nitrogens is 4.